The fourth-order valence-corrected chi connectivity index (χ4v) is 4.43. The van der Waals surface area contributed by atoms with Crippen LogP contribution in [0.15, 0.2) is 70.0 Å². The van der Waals surface area contributed by atoms with Gasteiger partial charge in [0.1, 0.15) is 5.76 Å². The van der Waals surface area contributed by atoms with Crippen molar-refractivity contribution >= 4 is 40.1 Å². The van der Waals surface area contributed by atoms with Gasteiger partial charge in [0.25, 0.3) is 5.91 Å². The largest absolute Gasteiger partial charge is 0.455 e. The quantitative estimate of drug-likeness (QED) is 0.465. The van der Waals surface area contributed by atoms with Crippen LogP contribution in [0.25, 0.3) is 0 Å². The van der Waals surface area contributed by atoms with Gasteiger partial charge in [0, 0.05) is 33.0 Å². The number of rotatable bonds is 9. The van der Waals surface area contributed by atoms with Crippen LogP contribution >= 0.6 is 23.4 Å². The lowest BCUT2D eigenvalue weighted by Gasteiger charge is -2.05. The highest BCUT2D eigenvalue weighted by atomic mass is 35.5. The first-order chi connectivity index (χ1) is 14.0. The van der Waals surface area contributed by atoms with Crippen LogP contribution in [-0.4, -0.2) is 22.9 Å². The molecule has 1 N–H and O–H groups in total. The number of nitrogens with one attached hydrogen (secondary N) is 1. The van der Waals surface area contributed by atoms with E-state index in [0.29, 0.717) is 23.1 Å². The summed E-state index contributed by atoms with van der Waals surface area (Å²) in [5, 5.41) is 3.51. The molecule has 0 spiro atoms. The van der Waals surface area contributed by atoms with Gasteiger partial charge >= 0.3 is 0 Å². The zero-order valence-corrected chi connectivity index (χ0v) is 18.4. The van der Waals surface area contributed by atoms with E-state index in [2.05, 4.69) is 29.6 Å². The molecule has 0 aliphatic rings. The van der Waals surface area contributed by atoms with Crippen molar-refractivity contribution in [3.05, 3.63) is 88.3 Å². The predicted octanol–water partition coefficient (Wildman–Crippen LogP) is 5.08. The number of benzene rings is 2. The topological polar surface area (TPSA) is 59.3 Å². The highest BCUT2D eigenvalue weighted by Crippen LogP contribution is 2.16. The zero-order chi connectivity index (χ0) is 20.6. The van der Waals surface area contributed by atoms with Crippen molar-refractivity contribution in [2.75, 3.05) is 12.8 Å². The van der Waals surface area contributed by atoms with E-state index in [-0.39, 0.29) is 17.4 Å². The van der Waals surface area contributed by atoms with E-state index in [9.17, 15) is 9.00 Å². The number of thioether (sulfide) groups is 1. The van der Waals surface area contributed by atoms with Gasteiger partial charge in [0.05, 0.1) is 5.75 Å². The Morgan fingerprint density at radius 1 is 1.00 bits per heavy atom. The molecule has 1 aromatic heterocycles. The Morgan fingerprint density at radius 3 is 2.38 bits per heavy atom. The number of furan rings is 1. The summed E-state index contributed by atoms with van der Waals surface area (Å²) in [6, 6.07) is 18.9. The number of carbonyl (C=O) groups excluding carboxylic acids is 1. The first kappa shape index (κ1) is 21.7. The first-order valence-electron chi connectivity index (χ1n) is 9.13. The Bertz CT molecular complexity index is 968. The highest BCUT2D eigenvalue weighted by Gasteiger charge is 2.13. The molecule has 3 aromatic rings. The lowest BCUT2D eigenvalue weighted by Crippen LogP contribution is -2.25. The molecule has 29 heavy (non-hydrogen) atoms. The van der Waals surface area contributed by atoms with E-state index in [0.717, 1.165) is 12.0 Å². The van der Waals surface area contributed by atoms with Crippen LogP contribution in [-0.2, 0) is 28.7 Å². The molecule has 3 rings (SSSR count). The Balaban J connectivity index is 1.46. The Hall–Kier alpha value is -2.02. The van der Waals surface area contributed by atoms with E-state index in [4.69, 9.17) is 16.0 Å². The Kier molecular flexibility index (Phi) is 7.98. The van der Waals surface area contributed by atoms with Crippen LogP contribution in [0, 0.1) is 0 Å². The normalized spacial score (nSPS) is 11.9. The number of halogens is 1. The van der Waals surface area contributed by atoms with Crippen molar-refractivity contribution in [1.82, 2.24) is 5.32 Å². The van der Waals surface area contributed by atoms with E-state index in [1.807, 2.05) is 18.4 Å². The molecule has 1 amide bonds. The van der Waals surface area contributed by atoms with E-state index >= 15 is 0 Å². The van der Waals surface area contributed by atoms with Gasteiger partial charge in [-0.05, 0) is 60.2 Å². The second kappa shape index (κ2) is 10.7. The maximum absolute atomic E-state index is 12.3. The lowest BCUT2D eigenvalue weighted by atomic mass is 10.1. The average molecular weight is 448 g/mol. The molecule has 1 heterocycles. The first-order valence-corrected chi connectivity index (χ1v) is 12.2. The average Bonchev–Trinajstić information content (AvgIpc) is 3.18. The second-order valence-electron chi connectivity index (χ2n) is 6.47. The second-order valence-corrected chi connectivity index (χ2v) is 9.25. The van der Waals surface area contributed by atoms with Crippen LogP contribution in [0.5, 0.6) is 0 Å². The van der Waals surface area contributed by atoms with Crippen molar-refractivity contribution in [3.63, 3.8) is 0 Å². The molecule has 4 nitrogen and oxygen atoms in total. The number of hydrogen-bond donors (Lipinski definition) is 1. The molecule has 0 unspecified atom stereocenters. The summed E-state index contributed by atoms with van der Waals surface area (Å²) in [4.78, 5) is 13.5. The van der Waals surface area contributed by atoms with Crippen LogP contribution in [0.3, 0.4) is 0 Å². The molecule has 0 bridgehead atoms. The summed E-state index contributed by atoms with van der Waals surface area (Å²) in [6.07, 6.45) is 2.79. The van der Waals surface area contributed by atoms with Crippen LogP contribution in [0.2, 0.25) is 5.02 Å². The minimum atomic E-state index is -1.13. The molecule has 7 heteroatoms. The van der Waals surface area contributed by atoms with Crippen molar-refractivity contribution < 1.29 is 13.4 Å². The van der Waals surface area contributed by atoms with E-state index in [1.54, 1.807) is 36.0 Å². The van der Waals surface area contributed by atoms with Crippen LogP contribution in [0.1, 0.15) is 27.4 Å². The van der Waals surface area contributed by atoms with Gasteiger partial charge in [0.15, 0.2) is 5.76 Å². The lowest BCUT2D eigenvalue weighted by molar-refractivity contribution is 0.0925. The molecule has 2 aromatic carbocycles. The molecule has 0 fully saturated rings. The summed E-state index contributed by atoms with van der Waals surface area (Å²) in [6.45, 7) is 0.524. The van der Waals surface area contributed by atoms with Crippen LogP contribution < -0.4 is 5.32 Å². The third kappa shape index (κ3) is 6.77. The van der Waals surface area contributed by atoms with Gasteiger partial charge in [-0.1, -0.05) is 35.9 Å². The highest BCUT2D eigenvalue weighted by molar-refractivity contribution is 7.98. The third-order valence-electron chi connectivity index (χ3n) is 4.29. The fourth-order valence-electron chi connectivity index (χ4n) is 2.75. The molecular formula is C22H22ClNO3S2. The number of carbonyl (C=O) groups is 1. The van der Waals surface area contributed by atoms with Crippen molar-refractivity contribution in [1.29, 1.82) is 0 Å². The summed E-state index contributed by atoms with van der Waals surface area (Å²) < 4.78 is 17.9. The van der Waals surface area contributed by atoms with Gasteiger partial charge < -0.3 is 9.73 Å². The minimum absolute atomic E-state index is 0.237. The molecule has 0 saturated carbocycles. The monoisotopic (exact) mass is 447 g/mol. The van der Waals surface area contributed by atoms with Gasteiger partial charge in [0.2, 0.25) is 0 Å². The maximum Gasteiger partial charge on any atom is 0.287 e. The van der Waals surface area contributed by atoms with Gasteiger partial charge in [-0.2, -0.15) is 0 Å². The molecule has 0 radical (unpaired) electrons. The van der Waals surface area contributed by atoms with E-state index in [1.165, 1.54) is 10.5 Å². The van der Waals surface area contributed by atoms with Gasteiger partial charge in [-0.15, -0.1) is 11.8 Å². The van der Waals surface area contributed by atoms with Gasteiger partial charge in [-0.25, -0.2) is 0 Å². The minimum Gasteiger partial charge on any atom is -0.455 e. The summed E-state index contributed by atoms with van der Waals surface area (Å²) in [5.74, 6) is 1.18. The van der Waals surface area contributed by atoms with Crippen molar-refractivity contribution in [2.45, 2.75) is 22.8 Å². The van der Waals surface area contributed by atoms with E-state index < -0.39 is 10.8 Å². The molecular weight excluding hydrogens is 426 g/mol. The molecule has 0 aliphatic heterocycles. The van der Waals surface area contributed by atoms with Crippen molar-refractivity contribution in [2.24, 2.45) is 0 Å². The Labute approximate surface area is 182 Å². The molecule has 0 saturated heterocycles. The molecule has 0 aliphatic carbocycles. The number of amides is 1. The summed E-state index contributed by atoms with van der Waals surface area (Å²) >= 11 is 7.57. The zero-order valence-electron chi connectivity index (χ0n) is 16.0. The third-order valence-corrected chi connectivity index (χ3v) is 6.55. The fraction of sp³-hybridized carbons (Fsp3) is 0.227. The Morgan fingerprint density at radius 2 is 1.69 bits per heavy atom. The number of hydrogen-bond acceptors (Lipinski definition) is 4. The molecule has 152 valence electrons. The SMILES string of the molecule is CSc1ccc(CCNC(=O)c2ccc(C[S@](=O)Cc3ccc(Cl)cc3)o2)cc1. The summed E-state index contributed by atoms with van der Waals surface area (Å²) in [5.41, 5.74) is 2.11. The maximum atomic E-state index is 12.3. The molecule has 1 atom stereocenters. The smallest absolute Gasteiger partial charge is 0.287 e. The predicted molar refractivity (Wildman–Crippen MR) is 120 cm³/mol. The van der Waals surface area contributed by atoms with Crippen LogP contribution in [0.4, 0.5) is 0 Å². The van der Waals surface area contributed by atoms with Gasteiger partial charge in [-0.3, -0.25) is 9.00 Å². The van der Waals surface area contributed by atoms with Crippen molar-refractivity contribution in [3.8, 4) is 0 Å². The standard InChI is InChI=1S/C22H22ClNO3S2/c1-28-20-9-4-16(5-10-20)12-13-24-22(25)21-11-8-19(27-21)15-29(26)14-17-2-6-18(23)7-3-17/h2-11H,12-15H2,1H3,(H,24,25)/t29-/m1/s1. The summed E-state index contributed by atoms with van der Waals surface area (Å²) in [7, 11) is -1.13.